The van der Waals surface area contributed by atoms with Crippen LogP contribution < -0.4 is 4.74 Å². The van der Waals surface area contributed by atoms with Crippen LogP contribution in [0, 0.1) is 0 Å². The smallest absolute Gasteiger partial charge is 0.123 e. The van der Waals surface area contributed by atoms with Gasteiger partial charge in [-0.05, 0) is 35.9 Å². The second-order valence-electron chi connectivity index (χ2n) is 3.84. The predicted octanol–water partition coefficient (Wildman–Crippen LogP) is 4.52. The summed E-state index contributed by atoms with van der Waals surface area (Å²) in [5, 5.41) is 10.6. The zero-order valence-corrected chi connectivity index (χ0v) is 11.9. The third-order valence-electron chi connectivity index (χ3n) is 2.50. The Balaban J connectivity index is 2.08. The van der Waals surface area contributed by atoms with Gasteiger partial charge in [0.15, 0.2) is 0 Å². The summed E-state index contributed by atoms with van der Waals surface area (Å²) in [6.45, 7) is 0.460. The van der Waals surface area contributed by atoms with Crippen LogP contribution in [0.1, 0.15) is 11.1 Å². The van der Waals surface area contributed by atoms with Gasteiger partial charge in [0.1, 0.15) is 18.1 Å². The minimum atomic E-state index is 0.256. The van der Waals surface area contributed by atoms with Crippen molar-refractivity contribution in [3.05, 3.63) is 58.6 Å². The first kappa shape index (κ1) is 13.2. The lowest BCUT2D eigenvalue weighted by Gasteiger charge is -2.10. The molecule has 0 unspecified atom stereocenters. The van der Waals surface area contributed by atoms with E-state index in [9.17, 15) is 5.11 Å². The average molecular weight is 328 g/mol. The Morgan fingerprint density at radius 3 is 2.50 bits per heavy atom. The molecule has 0 radical (unpaired) electrons. The van der Waals surface area contributed by atoms with E-state index in [1.807, 2.05) is 24.3 Å². The highest BCUT2D eigenvalue weighted by atomic mass is 79.9. The first-order chi connectivity index (χ1) is 8.69. The summed E-state index contributed by atoms with van der Waals surface area (Å²) in [6, 6.07) is 12.5. The molecule has 0 aliphatic carbocycles. The summed E-state index contributed by atoms with van der Waals surface area (Å²) in [7, 11) is 0. The van der Waals surface area contributed by atoms with Crippen LogP contribution in [0.2, 0.25) is 5.02 Å². The highest BCUT2D eigenvalue weighted by molar-refractivity contribution is 9.08. The van der Waals surface area contributed by atoms with Gasteiger partial charge in [-0.3, -0.25) is 0 Å². The molecule has 0 spiro atoms. The maximum Gasteiger partial charge on any atom is 0.123 e. The fourth-order valence-corrected chi connectivity index (χ4v) is 2.18. The van der Waals surface area contributed by atoms with Crippen molar-refractivity contribution < 1.29 is 9.84 Å². The second-order valence-corrected chi connectivity index (χ2v) is 4.84. The molecule has 0 saturated carbocycles. The van der Waals surface area contributed by atoms with Crippen LogP contribution in [0.15, 0.2) is 42.5 Å². The third kappa shape index (κ3) is 3.40. The number of ether oxygens (including phenoxy) is 1. The Labute approximate surface area is 119 Å². The van der Waals surface area contributed by atoms with E-state index < -0.39 is 0 Å². The predicted molar refractivity (Wildman–Crippen MR) is 76.5 cm³/mol. The molecule has 0 atom stereocenters. The van der Waals surface area contributed by atoms with Crippen LogP contribution in [0.25, 0.3) is 0 Å². The number of halogens is 2. The van der Waals surface area contributed by atoms with Gasteiger partial charge in [0, 0.05) is 15.9 Å². The summed E-state index contributed by atoms with van der Waals surface area (Å²) in [6.07, 6.45) is 0. The minimum absolute atomic E-state index is 0.256. The van der Waals surface area contributed by atoms with E-state index in [1.54, 1.807) is 18.2 Å². The standard InChI is InChI=1S/C14H12BrClO2/c15-8-11-7-12(16)3-6-14(11)18-9-10-1-4-13(17)5-2-10/h1-7,17H,8-9H2. The van der Waals surface area contributed by atoms with Crippen LogP contribution in [-0.4, -0.2) is 5.11 Å². The first-order valence-electron chi connectivity index (χ1n) is 5.44. The molecule has 0 amide bonds. The number of alkyl halides is 1. The maximum absolute atomic E-state index is 9.19. The van der Waals surface area contributed by atoms with Crippen LogP contribution in [0.5, 0.6) is 11.5 Å². The van der Waals surface area contributed by atoms with Crippen LogP contribution in [0.3, 0.4) is 0 Å². The molecule has 0 saturated heterocycles. The molecule has 2 rings (SSSR count). The van der Waals surface area contributed by atoms with Gasteiger partial charge in [0.2, 0.25) is 0 Å². The SMILES string of the molecule is Oc1ccc(COc2ccc(Cl)cc2CBr)cc1. The molecular weight excluding hydrogens is 316 g/mol. The van der Waals surface area contributed by atoms with Gasteiger partial charge in [-0.2, -0.15) is 0 Å². The van der Waals surface area contributed by atoms with Crippen LogP contribution in [0.4, 0.5) is 0 Å². The fourth-order valence-electron chi connectivity index (χ4n) is 1.55. The Kier molecular flexibility index (Phi) is 4.50. The summed E-state index contributed by atoms with van der Waals surface area (Å²) in [5.74, 6) is 1.07. The van der Waals surface area contributed by atoms with E-state index in [4.69, 9.17) is 16.3 Å². The van der Waals surface area contributed by atoms with Crippen molar-refractivity contribution in [1.82, 2.24) is 0 Å². The summed E-state index contributed by atoms with van der Waals surface area (Å²) in [4.78, 5) is 0. The summed E-state index contributed by atoms with van der Waals surface area (Å²) >= 11 is 9.33. The maximum atomic E-state index is 9.19. The molecule has 2 aromatic rings. The first-order valence-corrected chi connectivity index (χ1v) is 6.94. The van der Waals surface area contributed by atoms with E-state index in [0.29, 0.717) is 17.0 Å². The molecule has 2 aromatic carbocycles. The molecule has 0 heterocycles. The quantitative estimate of drug-likeness (QED) is 0.837. The fraction of sp³-hybridized carbons (Fsp3) is 0.143. The van der Waals surface area contributed by atoms with Gasteiger partial charge >= 0.3 is 0 Å². The van der Waals surface area contributed by atoms with E-state index >= 15 is 0 Å². The molecule has 0 aliphatic rings. The van der Waals surface area contributed by atoms with Crippen molar-refractivity contribution in [2.45, 2.75) is 11.9 Å². The van der Waals surface area contributed by atoms with Gasteiger partial charge in [-0.15, -0.1) is 0 Å². The Morgan fingerprint density at radius 1 is 1.11 bits per heavy atom. The minimum Gasteiger partial charge on any atom is -0.508 e. The largest absolute Gasteiger partial charge is 0.508 e. The summed E-state index contributed by atoms with van der Waals surface area (Å²) in [5.41, 5.74) is 2.02. The molecule has 94 valence electrons. The third-order valence-corrected chi connectivity index (χ3v) is 3.34. The van der Waals surface area contributed by atoms with Gasteiger partial charge in [0.05, 0.1) is 0 Å². The van der Waals surface area contributed by atoms with E-state index in [1.165, 1.54) is 0 Å². The monoisotopic (exact) mass is 326 g/mol. The topological polar surface area (TPSA) is 29.5 Å². The number of hydrogen-bond acceptors (Lipinski definition) is 2. The van der Waals surface area contributed by atoms with Gasteiger partial charge in [-0.1, -0.05) is 39.7 Å². The molecular formula is C14H12BrClO2. The van der Waals surface area contributed by atoms with Gasteiger partial charge in [-0.25, -0.2) is 0 Å². The molecule has 1 N–H and O–H groups in total. The van der Waals surface area contributed by atoms with Crippen molar-refractivity contribution in [3.63, 3.8) is 0 Å². The number of hydrogen-bond donors (Lipinski definition) is 1. The Morgan fingerprint density at radius 2 is 1.83 bits per heavy atom. The lowest BCUT2D eigenvalue weighted by molar-refractivity contribution is 0.304. The van der Waals surface area contributed by atoms with Crippen molar-refractivity contribution in [3.8, 4) is 11.5 Å². The molecule has 0 aliphatic heterocycles. The Hall–Kier alpha value is -1.19. The average Bonchev–Trinajstić information content (AvgIpc) is 2.39. The number of benzene rings is 2. The number of rotatable bonds is 4. The highest BCUT2D eigenvalue weighted by Gasteiger charge is 2.04. The Bertz CT molecular complexity index is 526. The van der Waals surface area contributed by atoms with Crippen molar-refractivity contribution in [2.75, 3.05) is 0 Å². The van der Waals surface area contributed by atoms with Crippen LogP contribution in [-0.2, 0) is 11.9 Å². The van der Waals surface area contributed by atoms with Crippen LogP contribution >= 0.6 is 27.5 Å². The second kappa shape index (κ2) is 6.12. The lowest BCUT2D eigenvalue weighted by atomic mass is 10.2. The molecule has 4 heteroatoms. The molecule has 0 aromatic heterocycles. The van der Waals surface area contributed by atoms with Crippen molar-refractivity contribution in [2.24, 2.45) is 0 Å². The van der Waals surface area contributed by atoms with Crippen molar-refractivity contribution in [1.29, 1.82) is 0 Å². The molecule has 0 fully saturated rings. The zero-order valence-electron chi connectivity index (χ0n) is 9.57. The van der Waals surface area contributed by atoms with Gasteiger partial charge in [0.25, 0.3) is 0 Å². The van der Waals surface area contributed by atoms with Gasteiger partial charge < -0.3 is 9.84 Å². The molecule has 0 bridgehead atoms. The number of aromatic hydroxyl groups is 1. The lowest BCUT2D eigenvalue weighted by Crippen LogP contribution is -1.97. The normalized spacial score (nSPS) is 10.3. The highest BCUT2D eigenvalue weighted by Crippen LogP contribution is 2.25. The number of phenols is 1. The zero-order chi connectivity index (χ0) is 13.0. The summed E-state index contributed by atoms with van der Waals surface area (Å²) < 4.78 is 5.74. The van der Waals surface area contributed by atoms with E-state index in [0.717, 1.165) is 16.9 Å². The number of phenolic OH excluding ortho intramolecular Hbond substituents is 1. The molecule has 18 heavy (non-hydrogen) atoms. The van der Waals surface area contributed by atoms with E-state index in [2.05, 4.69) is 15.9 Å². The van der Waals surface area contributed by atoms with Crippen molar-refractivity contribution >= 4 is 27.5 Å². The van der Waals surface area contributed by atoms with E-state index in [-0.39, 0.29) is 5.75 Å². The molecule has 2 nitrogen and oxygen atoms in total.